The summed E-state index contributed by atoms with van der Waals surface area (Å²) < 4.78 is 7.03. The van der Waals surface area contributed by atoms with Gasteiger partial charge in [0.1, 0.15) is 5.65 Å². The summed E-state index contributed by atoms with van der Waals surface area (Å²) in [6, 6.07) is 13.9. The molecule has 0 aliphatic carbocycles. The highest BCUT2D eigenvalue weighted by Crippen LogP contribution is 2.24. The fraction of sp³-hybridized carbons (Fsp3) is 0.0625. The lowest BCUT2D eigenvalue weighted by Crippen LogP contribution is -1.83. The molecular weight excluding hydrogens is 264 g/mol. The Hall–Kier alpha value is -2.95. The molecule has 0 radical (unpaired) electrons. The maximum absolute atomic E-state index is 5.03. The second kappa shape index (κ2) is 4.56. The minimum atomic E-state index is 0.558. The van der Waals surface area contributed by atoms with Crippen molar-refractivity contribution in [1.29, 1.82) is 0 Å². The van der Waals surface area contributed by atoms with Gasteiger partial charge in [0, 0.05) is 30.4 Å². The zero-order valence-corrected chi connectivity index (χ0v) is 11.4. The summed E-state index contributed by atoms with van der Waals surface area (Å²) in [6.07, 6.45) is 3.99. The van der Waals surface area contributed by atoms with E-state index in [9.17, 15) is 0 Å². The Morgan fingerprint density at radius 1 is 1.00 bits per heavy atom. The lowest BCUT2D eigenvalue weighted by Gasteiger charge is -1.98. The molecule has 4 aromatic rings. The second-order valence-electron chi connectivity index (χ2n) is 4.81. The van der Waals surface area contributed by atoms with Gasteiger partial charge in [-0.05, 0) is 18.2 Å². The standard InChI is InChI=1S/C16H12N4O/c1-11-17-16(19-21-11)13-6-4-5-12(9-13)14-10-20-8-3-2-7-15(20)18-14/h2-10H,1H3. The van der Waals surface area contributed by atoms with Gasteiger partial charge in [-0.3, -0.25) is 0 Å². The molecule has 0 N–H and O–H groups in total. The van der Waals surface area contributed by atoms with Crippen molar-refractivity contribution >= 4 is 5.65 Å². The van der Waals surface area contributed by atoms with Gasteiger partial charge in [-0.2, -0.15) is 4.98 Å². The average Bonchev–Trinajstić information content (AvgIpc) is 3.13. The van der Waals surface area contributed by atoms with Crippen LogP contribution in [0.25, 0.3) is 28.3 Å². The van der Waals surface area contributed by atoms with Crippen LogP contribution in [0.3, 0.4) is 0 Å². The molecule has 0 amide bonds. The topological polar surface area (TPSA) is 56.2 Å². The van der Waals surface area contributed by atoms with Crippen molar-refractivity contribution < 1.29 is 4.52 Å². The highest BCUT2D eigenvalue weighted by Gasteiger charge is 2.09. The van der Waals surface area contributed by atoms with E-state index in [-0.39, 0.29) is 0 Å². The van der Waals surface area contributed by atoms with E-state index in [1.165, 1.54) is 0 Å². The first-order valence-electron chi connectivity index (χ1n) is 6.64. The third kappa shape index (κ3) is 2.08. The van der Waals surface area contributed by atoms with Gasteiger partial charge < -0.3 is 8.92 Å². The highest BCUT2D eigenvalue weighted by molar-refractivity contribution is 5.69. The molecule has 21 heavy (non-hydrogen) atoms. The predicted octanol–water partition coefficient (Wildman–Crippen LogP) is 3.36. The zero-order chi connectivity index (χ0) is 14.2. The van der Waals surface area contributed by atoms with Crippen LogP contribution in [-0.4, -0.2) is 19.5 Å². The summed E-state index contributed by atoms with van der Waals surface area (Å²) in [6.45, 7) is 1.78. The van der Waals surface area contributed by atoms with Crippen molar-refractivity contribution in [2.75, 3.05) is 0 Å². The Bertz CT molecular complexity index is 890. The quantitative estimate of drug-likeness (QED) is 0.563. The Kier molecular flexibility index (Phi) is 2.57. The fourth-order valence-electron chi connectivity index (χ4n) is 2.31. The molecule has 4 rings (SSSR count). The van der Waals surface area contributed by atoms with Crippen LogP contribution in [0.1, 0.15) is 5.89 Å². The molecule has 102 valence electrons. The summed E-state index contributed by atoms with van der Waals surface area (Å²) in [5.41, 5.74) is 3.79. The maximum atomic E-state index is 5.03. The van der Waals surface area contributed by atoms with Gasteiger partial charge in [0.2, 0.25) is 11.7 Å². The zero-order valence-electron chi connectivity index (χ0n) is 11.4. The minimum absolute atomic E-state index is 0.558. The third-order valence-corrected chi connectivity index (χ3v) is 3.31. The minimum Gasteiger partial charge on any atom is -0.339 e. The van der Waals surface area contributed by atoms with Gasteiger partial charge in [0.25, 0.3) is 0 Å². The third-order valence-electron chi connectivity index (χ3n) is 3.31. The van der Waals surface area contributed by atoms with Gasteiger partial charge in [-0.25, -0.2) is 4.98 Å². The molecule has 0 spiro atoms. The van der Waals surface area contributed by atoms with Gasteiger partial charge in [-0.1, -0.05) is 29.4 Å². The normalized spacial score (nSPS) is 11.1. The Morgan fingerprint density at radius 3 is 2.71 bits per heavy atom. The van der Waals surface area contributed by atoms with Crippen LogP contribution < -0.4 is 0 Å². The average molecular weight is 276 g/mol. The van der Waals surface area contributed by atoms with E-state index in [1.54, 1.807) is 6.92 Å². The number of benzene rings is 1. The summed E-state index contributed by atoms with van der Waals surface area (Å²) >= 11 is 0. The van der Waals surface area contributed by atoms with Crippen molar-refractivity contribution in [1.82, 2.24) is 19.5 Å². The van der Waals surface area contributed by atoms with Crippen molar-refractivity contribution in [2.45, 2.75) is 6.92 Å². The highest BCUT2D eigenvalue weighted by atomic mass is 16.5. The lowest BCUT2D eigenvalue weighted by atomic mass is 10.1. The molecule has 5 heteroatoms. The number of pyridine rings is 1. The molecule has 0 aliphatic heterocycles. The number of fused-ring (bicyclic) bond motifs is 1. The molecule has 0 saturated carbocycles. The predicted molar refractivity (Wildman–Crippen MR) is 78.7 cm³/mol. The van der Waals surface area contributed by atoms with Gasteiger partial charge >= 0.3 is 0 Å². The van der Waals surface area contributed by atoms with Crippen LogP contribution in [0, 0.1) is 6.92 Å². The molecule has 1 aromatic carbocycles. The van der Waals surface area contributed by atoms with Crippen molar-refractivity contribution in [3.8, 4) is 22.6 Å². The lowest BCUT2D eigenvalue weighted by molar-refractivity contribution is 0.394. The molecule has 0 bridgehead atoms. The summed E-state index contributed by atoms with van der Waals surface area (Å²) in [7, 11) is 0. The first kappa shape index (κ1) is 11.8. The van der Waals surface area contributed by atoms with Crippen LogP contribution in [0.5, 0.6) is 0 Å². The summed E-state index contributed by atoms with van der Waals surface area (Å²) in [5.74, 6) is 1.15. The first-order valence-corrected chi connectivity index (χ1v) is 6.64. The molecule has 3 heterocycles. The number of imidazole rings is 1. The molecular formula is C16H12N4O. The van der Waals surface area contributed by atoms with E-state index >= 15 is 0 Å². The Morgan fingerprint density at radius 2 is 1.90 bits per heavy atom. The Labute approximate surface area is 120 Å². The Balaban J connectivity index is 1.81. The van der Waals surface area contributed by atoms with Crippen molar-refractivity contribution in [3.63, 3.8) is 0 Å². The smallest absolute Gasteiger partial charge is 0.223 e. The monoisotopic (exact) mass is 276 g/mol. The molecule has 0 saturated heterocycles. The number of rotatable bonds is 2. The SMILES string of the molecule is Cc1nc(-c2cccc(-c3cn4ccccc4n3)c2)no1. The molecule has 0 atom stereocenters. The van der Waals surface area contributed by atoms with Crippen LogP contribution in [0.15, 0.2) is 59.4 Å². The number of hydrogen-bond donors (Lipinski definition) is 0. The van der Waals surface area contributed by atoms with Crippen LogP contribution in [-0.2, 0) is 0 Å². The fourth-order valence-corrected chi connectivity index (χ4v) is 2.31. The molecule has 0 unspecified atom stereocenters. The van der Waals surface area contributed by atoms with Crippen LogP contribution >= 0.6 is 0 Å². The van der Waals surface area contributed by atoms with Crippen molar-refractivity contribution in [2.24, 2.45) is 0 Å². The number of aromatic nitrogens is 4. The number of aryl methyl sites for hydroxylation is 1. The molecule has 0 aliphatic rings. The summed E-state index contributed by atoms with van der Waals surface area (Å²) in [5, 5.41) is 3.95. The van der Waals surface area contributed by atoms with E-state index in [0.29, 0.717) is 11.7 Å². The van der Waals surface area contributed by atoms with Crippen LogP contribution in [0.4, 0.5) is 0 Å². The van der Waals surface area contributed by atoms with E-state index < -0.39 is 0 Å². The summed E-state index contributed by atoms with van der Waals surface area (Å²) in [4.78, 5) is 8.88. The first-order chi connectivity index (χ1) is 10.3. The van der Waals surface area contributed by atoms with Gasteiger partial charge in [-0.15, -0.1) is 0 Å². The van der Waals surface area contributed by atoms with Gasteiger partial charge in [0.15, 0.2) is 0 Å². The largest absolute Gasteiger partial charge is 0.339 e. The number of nitrogens with zero attached hydrogens (tertiary/aromatic N) is 4. The molecule has 3 aromatic heterocycles. The van der Waals surface area contributed by atoms with Crippen molar-refractivity contribution in [3.05, 3.63) is 60.7 Å². The van der Waals surface area contributed by atoms with E-state index in [0.717, 1.165) is 22.5 Å². The second-order valence-corrected chi connectivity index (χ2v) is 4.81. The van der Waals surface area contributed by atoms with Crippen LogP contribution in [0.2, 0.25) is 0 Å². The van der Waals surface area contributed by atoms with E-state index in [4.69, 9.17) is 4.52 Å². The maximum Gasteiger partial charge on any atom is 0.223 e. The van der Waals surface area contributed by atoms with E-state index in [2.05, 4.69) is 15.1 Å². The molecule has 5 nitrogen and oxygen atoms in total. The molecule has 0 fully saturated rings. The number of hydrogen-bond acceptors (Lipinski definition) is 4. The van der Waals surface area contributed by atoms with Gasteiger partial charge in [0.05, 0.1) is 5.69 Å². The van der Waals surface area contributed by atoms with E-state index in [1.807, 2.05) is 59.3 Å².